The van der Waals surface area contributed by atoms with Gasteiger partial charge in [0, 0.05) is 5.38 Å². The van der Waals surface area contributed by atoms with Crippen molar-refractivity contribution in [1.29, 1.82) is 0 Å². The van der Waals surface area contributed by atoms with Crippen LogP contribution in [0.5, 0.6) is 5.75 Å². The number of thiophene rings is 1. The van der Waals surface area contributed by atoms with Gasteiger partial charge in [0.1, 0.15) is 11.3 Å². The molecule has 0 amide bonds. The monoisotopic (exact) mass is 299 g/mol. The molecular formula is C11H9NO5S2. The number of hydrogen-bond acceptors (Lipinski definition) is 5. The van der Waals surface area contributed by atoms with Crippen molar-refractivity contribution in [2.24, 2.45) is 0 Å². The minimum atomic E-state index is -3.87. The highest BCUT2D eigenvalue weighted by Gasteiger charge is 2.19. The van der Waals surface area contributed by atoms with Crippen molar-refractivity contribution in [3.05, 3.63) is 40.6 Å². The summed E-state index contributed by atoms with van der Waals surface area (Å²) in [6.45, 7) is 0. The van der Waals surface area contributed by atoms with E-state index >= 15 is 0 Å². The third-order valence-electron chi connectivity index (χ3n) is 2.28. The van der Waals surface area contributed by atoms with Crippen LogP contribution in [-0.2, 0) is 10.0 Å². The van der Waals surface area contributed by atoms with Gasteiger partial charge in [-0.25, -0.2) is 13.2 Å². The number of carboxylic acids is 1. The normalized spacial score (nSPS) is 11.2. The first-order valence-corrected chi connectivity index (χ1v) is 7.44. The van der Waals surface area contributed by atoms with Gasteiger partial charge in [0.15, 0.2) is 0 Å². The van der Waals surface area contributed by atoms with Crippen molar-refractivity contribution < 1.29 is 23.4 Å². The van der Waals surface area contributed by atoms with Gasteiger partial charge in [-0.15, -0.1) is 0 Å². The smallest absolute Gasteiger partial charge is 0.339 e. The largest absolute Gasteiger partial charge is 0.507 e. The van der Waals surface area contributed by atoms with Gasteiger partial charge in [0.05, 0.1) is 10.6 Å². The number of carbonyl (C=O) groups is 1. The Hall–Kier alpha value is -2.06. The molecule has 0 unspecified atom stereocenters. The fraction of sp³-hybridized carbons (Fsp3) is 0. The van der Waals surface area contributed by atoms with E-state index in [1.165, 1.54) is 11.3 Å². The highest BCUT2D eigenvalue weighted by molar-refractivity contribution is 7.92. The van der Waals surface area contributed by atoms with Crippen molar-refractivity contribution >= 4 is 33.0 Å². The molecule has 1 aromatic carbocycles. The fourth-order valence-electron chi connectivity index (χ4n) is 1.39. The quantitative estimate of drug-likeness (QED) is 0.800. The number of benzene rings is 1. The molecule has 19 heavy (non-hydrogen) atoms. The van der Waals surface area contributed by atoms with Crippen LogP contribution in [0.1, 0.15) is 10.4 Å². The summed E-state index contributed by atoms with van der Waals surface area (Å²) in [5.74, 6) is -1.88. The van der Waals surface area contributed by atoms with Gasteiger partial charge in [-0.2, -0.15) is 11.3 Å². The molecule has 0 aliphatic carbocycles. The van der Waals surface area contributed by atoms with E-state index in [0.717, 1.165) is 18.2 Å². The standard InChI is InChI=1S/C11H9NO5S2/c13-10-2-1-8(5-9(10)11(14)15)19(16,17)12-7-3-4-18-6-7/h1-6,12-13H,(H,14,15). The lowest BCUT2D eigenvalue weighted by Crippen LogP contribution is -2.13. The molecule has 8 heteroatoms. The van der Waals surface area contributed by atoms with Crippen molar-refractivity contribution in [2.75, 3.05) is 4.72 Å². The Labute approximate surface area is 113 Å². The molecule has 1 aromatic heterocycles. The van der Waals surface area contributed by atoms with Crippen LogP contribution < -0.4 is 4.72 Å². The summed E-state index contributed by atoms with van der Waals surface area (Å²) in [6, 6.07) is 4.66. The zero-order chi connectivity index (χ0) is 14.0. The minimum absolute atomic E-state index is 0.228. The third kappa shape index (κ3) is 2.85. The topological polar surface area (TPSA) is 104 Å². The second-order valence-corrected chi connectivity index (χ2v) is 6.06. The van der Waals surface area contributed by atoms with Crippen molar-refractivity contribution in [2.45, 2.75) is 4.90 Å². The van der Waals surface area contributed by atoms with E-state index in [1.54, 1.807) is 16.8 Å². The van der Waals surface area contributed by atoms with E-state index in [-0.39, 0.29) is 4.90 Å². The van der Waals surface area contributed by atoms with Crippen LogP contribution >= 0.6 is 11.3 Å². The lowest BCUT2D eigenvalue weighted by molar-refractivity contribution is 0.0693. The molecule has 2 rings (SSSR count). The van der Waals surface area contributed by atoms with Gasteiger partial charge >= 0.3 is 5.97 Å². The molecule has 0 aliphatic heterocycles. The number of phenols is 1. The summed E-state index contributed by atoms with van der Waals surface area (Å²) in [5, 5.41) is 21.5. The van der Waals surface area contributed by atoms with Crippen LogP contribution in [0.4, 0.5) is 5.69 Å². The number of anilines is 1. The van der Waals surface area contributed by atoms with Crippen molar-refractivity contribution in [3.8, 4) is 5.75 Å². The molecule has 0 fully saturated rings. The maximum absolute atomic E-state index is 12.0. The SMILES string of the molecule is O=C(O)c1cc(S(=O)(=O)Nc2ccsc2)ccc1O. The van der Waals surface area contributed by atoms with Gasteiger partial charge < -0.3 is 10.2 Å². The minimum Gasteiger partial charge on any atom is -0.507 e. The number of carboxylic acid groups (broad SMARTS) is 1. The lowest BCUT2D eigenvalue weighted by atomic mass is 10.2. The van der Waals surface area contributed by atoms with Gasteiger partial charge in [-0.3, -0.25) is 4.72 Å². The molecule has 0 atom stereocenters. The summed E-state index contributed by atoms with van der Waals surface area (Å²) >= 11 is 1.32. The van der Waals surface area contributed by atoms with Gasteiger partial charge in [-0.1, -0.05) is 0 Å². The van der Waals surface area contributed by atoms with E-state index in [0.29, 0.717) is 5.69 Å². The van der Waals surface area contributed by atoms with Crippen LogP contribution in [0, 0.1) is 0 Å². The summed E-state index contributed by atoms with van der Waals surface area (Å²) in [6.07, 6.45) is 0. The van der Waals surface area contributed by atoms with Crippen molar-refractivity contribution in [3.63, 3.8) is 0 Å². The number of sulfonamides is 1. The zero-order valence-corrected chi connectivity index (χ0v) is 11.0. The van der Waals surface area contributed by atoms with E-state index in [2.05, 4.69) is 4.72 Å². The van der Waals surface area contributed by atoms with E-state index in [4.69, 9.17) is 5.11 Å². The number of nitrogens with one attached hydrogen (secondary N) is 1. The molecule has 0 bridgehead atoms. The van der Waals surface area contributed by atoms with Crippen LogP contribution in [0.15, 0.2) is 39.9 Å². The molecule has 0 aliphatic rings. The van der Waals surface area contributed by atoms with Gasteiger partial charge in [-0.05, 0) is 29.6 Å². The van der Waals surface area contributed by atoms with Gasteiger partial charge in [0.25, 0.3) is 10.0 Å². The molecule has 0 saturated carbocycles. The Bertz CT molecular complexity index is 707. The first-order valence-electron chi connectivity index (χ1n) is 5.01. The van der Waals surface area contributed by atoms with E-state index in [1.807, 2.05) is 0 Å². The lowest BCUT2D eigenvalue weighted by Gasteiger charge is -2.07. The summed E-state index contributed by atoms with van der Waals surface area (Å²) in [7, 11) is -3.87. The average molecular weight is 299 g/mol. The van der Waals surface area contributed by atoms with Crippen LogP contribution in [0.25, 0.3) is 0 Å². The summed E-state index contributed by atoms with van der Waals surface area (Å²) in [5.41, 5.74) is -0.0665. The van der Waals surface area contributed by atoms with E-state index in [9.17, 15) is 18.3 Å². The van der Waals surface area contributed by atoms with Gasteiger partial charge in [0.2, 0.25) is 0 Å². The molecule has 0 radical (unpaired) electrons. The Morgan fingerprint density at radius 2 is 2.00 bits per heavy atom. The molecule has 0 saturated heterocycles. The summed E-state index contributed by atoms with van der Waals surface area (Å²) in [4.78, 5) is 10.6. The Balaban J connectivity index is 2.41. The molecular weight excluding hydrogens is 290 g/mol. The maximum Gasteiger partial charge on any atom is 0.339 e. The highest BCUT2D eigenvalue weighted by Crippen LogP contribution is 2.23. The molecule has 6 nitrogen and oxygen atoms in total. The predicted molar refractivity (Wildman–Crippen MR) is 70.2 cm³/mol. The molecule has 100 valence electrons. The number of aromatic hydroxyl groups is 1. The number of hydrogen-bond donors (Lipinski definition) is 3. The van der Waals surface area contributed by atoms with Crippen LogP contribution in [0.2, 0.25) is 0 Å². The Morgan fingerprint density at radius 3 is 2.58 bits per heavy atom. The molecule has 0 spiro atoms. The molecule has 3 N–H and O–H groups in total. The van der Waals surface area contributed by atoms with Crippen LogP contribution in [-0.4, -0.2) is 24.6 Å². The first kappa shape index (κ1) is 13.4. The number of aromatic carboxylic acids is 1. The van der Waals surface area contributed by atoms with Crippen LogP contribution in [0.3, 0.4) is 0 Å². The maximum atomic E-state index is 12.0. The second kappa shape index (κ2) is 4.90. The van der Waals surface area contributed by atoms with E-state index < -0.39 is 27.3 Å². The fourth-order valence-corrected chi connectivity index (χ4v) is 3.13. The second-order valence-electron chi connectivity index (χ2n) is 3.60. The molecule has 2 aromatic rings. The first-order chi connectivity index (χ1) is 8.90. The highest BCUT2D eigenvalue weighted by atomic mass is 32.2. The Morgan fingerprint density at radius 1 is 1.26 bits per heavy atom. The van der Waals surface area contributed by atoms with Crippen molar-refractivity contribution in [1.82, 2.24) is 0 Å². The predicted octanol–water partition coefficient (Wildman–Crippen LogP) is 1.95. The Kier molecular flexibility index (Phi) is 3.45. The zero-order valence-electron chi connectivity index (χ0n) is 9.40. The summed E-state index contributed by atoms with van der Waals surface area (Å²) < 4.78 is 26.3. The number of rotatable bonds is 4. The average Bonchev–Trinajstić information content (AvgIpc) is 2.80. The molecule has 1 heterocycles. The third-order valence-corrected chi connectivity index (χ3v) is 4.34.